The van der Waals surface area contributed by atoms with E-state index in [9.17, 15) is 35.1 Å². The van der Waals surface area contributed by atoms with Gasteiger partial charge in [0.05, 0.1) is 25.4 Å². The fraction of sp³-hybridized carbons (Fsp3) is 0.736. The second-order valence-electron chi connectivity index (χ2n) is 17.3. The average Bonchev–Trinajstić information content (AvgIpc) is 3.29. The van der Waals surface area contributed by atoms with Gasteiger partial charge in [-0.05, 0) is 64.2 Å². The molecule has 0 saturated carbocycles. The maximum absolute atomic E-state index is 13.3. The molecule has 1 fully saturated rings. The normalized spacial score (nSPS) is 21.0. The molecule has 0 radical (unpaired) electrons. The standard InChI is InChI=1S/C53H91NO10/c1-4-7-10-13-16-19-22-25-27-30-33-36-39-45(56)44(54-52(61)46(57)40-37-34-31-28-26-23-20-17-14-11-8-5-2)43-62-53-51(50(60)49(59)47(42-55)63-53)64-48(58)41-38-35-32-29-24-21-18-15-12-9-6-3/h8,11,14-15,17-18,20,23,26,28,36,39,44-47,49-51,53,55-57,59-60H,4-7,9-10,12-13,16,19,21-22,24-25,27,29-35,37-38,40-43H2,1-3H3,(H,54,61)/b11-8+,17-14+,18-15-,23-20-,28-26-,39-36+. The van der Waals surface area contributed by atoms with E-state index in [0.717, 1.165) is 83.5 Å². The van der Waals surface area contributed by atoms with Gasteiger partial charge in [0.15, 0.2) is 12.4 Å². The molecule has 8 atom stereocenters. The van der Waals surface area contributed by atoms with Crippen molar-refractivity contribution in [3.05, 3.63) is 72.9 Å². The number of carbonyl (C=O) groups excluding carboxylic acids is 2. The Morgan fingerprint density at radius 2 is 1.16 bits per heavy atom. The zero-order valence-corrected chi connectivity index (χ0v) is 40.1. The molecule has 0 aliphatic carbocycles. The minimum Gasteiger partial charge on any atom is -0.454 e. The van der Waals surface area contributed by atoms with E-state index in [0.29, 0.717) is 12.8 Å². The fourth-order valence-corrected chi connectivity index (χ4v) is 7.35. The molecule has 368 valence electrons. The number of aliphatic hydroxyl groups is 5. The highest BCUT2D eigenvalue weighted by Crippen LogP contribution is 2.26. The van der Waals surface area contributed by atoms with Crippen LogP contribution in [0.5, 0.6) is 0 Å². The van der Waals surface area contributed by atoms with Crippen molar-refractivity contribution < 1.29 is 49.3 Å². The van der Waals surface area contributed by atoms with Crippen LogP contribution in [0.25, 0.3) is 0 Å². The van der Waals surface area contributed by atoms with Crippen LogP contribution in [-0.2, 0) is 23.8 Å². The van der Waals surface area contributed by atoms with Crippen molar-refractivity contribution in [2.75, 3.05) is 13.2 Å². The fourth-order valence-electron chi connectivity index (χ4n) is 7.35. The van der Waals surface area contributed by atoms with Crippen molar-refractivity contribution in [3.8, 4) is 0 Å². The first-order chi connectivity index (χ1) is 31.2. The molecule has 11 heteroatoms. The molecule has 0 aromatic rings. The van der Waals surface area contributed by atoms with Gasteiger partial charge >= 0.3 is 5.97 Å². The molecule has 1 aliphatic rings. The SMILES string of the molecule is CC/C=C/C=C/C=C\C=C/CCCCC(O)C(=O)NC(COC1OC(CO)C(O)C(O)C1OC(=O)CCCCCCC/C=C\CCCC)C(O)/C=C/CCCCCCCCCCCC. The molecular formula is C53H91NO10. The molecule has 1 heterocycles. The largest absolute Gasteiger partial charge is 0.454 e. The van der Waals surface area contributed by atoms with E-state index in [2.05, 4.69) is 44.3 Å². The Labute approximate surface area is 388 Å². The number of nitrogens with one attached hydrogen (secondary N) is 1. The van der Waals surface area contributed by atoms with Crippen LogP contribution < -0.4 is 5.32 Å². The number of unbranched alkanes of at least 4 members (excludes halogenated alkanes) is 19. The monoisotopic (exact) mass is 902 g/mol. The lowest BCUT2D eigenvalue weighted by Gasteiger charge is -2.41. The van der Waals surface area contributed by atoms with Crippen LogP contribution in [0.2, 0.25) is 0 Å². The maximum Gasteiger partial charge on any atom is 0.306 e. The van der Waals surface area contributed by atoms with Crippen molar-refractivity contribution in [1.29, 1.82) is 0 Å². The first kappa shape index (κ1) is 59.1. The highest BCUT2D eigenvalue weighted by atomic mass is 16.7. The second kappa shape index (κ2) is 41.5. The summed E-state index contributed by atoms with van der Waals surface area (Å²) >= 11 is 0. The number of esters is 1. The van der Waals surface area contributed by atoms with Crippen molar-refractivity contribution in [3.63, 3.8) is 0 Å². The summed E-state index contributed by atoms with van der Waals surface area (Å²) in [6.45, 7) is 5.52. The Bertz CT molecular complexity index is 1310. The number of hydrogen-bond acceptors (Lipinski definition) is 10. The maximum atomic E-state index is 13.3. The van der Waals surface area contributed by atoms with Crippen molar-refractivity contribution in [1.82, 2.24) is 5.32 Å². The Morgan fingerprint density at radius 3 is 1.78 bits per heavy atom. The summed E-state index contributed by atoms with van der Waals surface area (Å²) in [6, 6.07) is -1.05. The predicted molar refractivity (Wildman–Crippen MR) is 259 cm³/mol. The van der Waals surface area contributed by atoms with Crippen LogP contribution in [-0.4, -0.2) is 99.6 Å². The van der Waals surface area contributed by atoms with Gasteiger partial charge in [0.1, 0.15) is 24.4 Å². The van der Waals surface area contributed by atoms with Crippen molar-refractivity contribution in [2.24, 2.45) is 0 Å². The molecular weight excluding hydrogens is 811 g/mol. The van der Waals surface area contributed by atoms with Crippen LogP contribution in [0.1, 0.15) is 188 Å². The summed E-state index contributed by atoms with van der Waals surface area (Å²) < 4.78 is 17.4. The molecule has 1 aliphatic heterocycles. The lowest BCUT2D eigenvalue weighted by Crippen LogP contribution is -2.61. The second-order valence-corrected chi connectivity index (χ2v) is 17.3. The first-order valence-corrected chi connectivity index (χ1v) is 25.3. The molecule has 1 saturated heterocycles. The Balaban J connectivity index is 2.85. The molecule has 1 rings (SSSR count). The summed E-state index contributed by atoms with van der Waals surface area (Å²) in [7, 11) is 0. The van der Waals surface area contributed by atoms with Gasteiger partial charge in [-0.3, -0.25) is 9.59 Å². The van der Waals surface area contributed by atoms with E-state index in [1.165, 1.54) is 57.8 Å². The average molecular weight is 902 g/mol. The third-order valence-corrected chi connectivity index (χ3v) is 11.4. The van der Waals surface area contributed by atoms with Crippen LogP contribution in [0.4, 0.5) is 0 Å². The number of rotatable bonds is 40. The third kappa shape index (κ3) is 30.3. The summed E-state index contributed by atoms with van der Waals surface area (Å²) in [5.74, 6) is -1.25. The Hall–Kier alpha value is -2.90. The van der Waals surface area contributed by atoms with E-state index < -0.39 is 67.4 Å². The molecule has 0 spiro atoms. The van der Waals surface area contributed by atoms with Gasteiger partial charge in [-0.2, -0.15) is 0 Å². The van der Waals surface area contributed by atoms with Crippen molar-refractivity contribution >= 4 is 11.9 Å². The number of allylic oxidation sites excluding steroid dienone is 11. The van der Waals surface area contributed by atoms with Gasteiger partial charge in [-0.25, -0.2) is 0 Å². The lowest BCUT2D eigenvalue weighted by molar-refractivity contribution is -0.305. The van der Waals surface area contributed by atoms with Crippen LogP contribution in [0.15, 0.2) is 72.9 Å². The summed E-state index contributed by atoms with van der Waals surface area (Å²) in [4.78, 5) is 26.2. The minimum absolute atomic E-state index is 0.105. The minimum atomic E-state index is -1.62. The molecule has 64 heavy (non-hydrogen) atoms. The van der Waals surface area contributed by atoms with Gasteiger partial charge < -0.3 is 45.1 Å². The van der Waals surface area contributed by atoms with E-state index in [-0.39, 0.29) is 19.4 Å². The molecule has 0 bridgehead atoms. The van der Waals surface area contributed by atoms with Gasteiger partial charge in [-0.1, -0.05) is 190 Å². The van der Waals surface area contributed by atoms with Gasteiger partial charge in [0, 0.05) is 6.42 Å². The van der Waals surface area contributed by atoms with Crippen molar-refractivity contribution in [2.45, 2.75) is 237 Å². The van der Waals surface area contributed by atoms with Crippen LogP contribution >= 0.6 is 0 Å². The van der Waals surface area contributed by atoms with Gasteiger partial charge in [-0.15, -0.1) is 0 Å². The number of amides is 1. The first-order valence-electron chi connectivity index (χ1n) is 25.3. The van der Waals surface area contributed by atoms with Crippen LogP contribution in [0, 0.1) is 0 Å². The molecule has 1 amide bonds. The highest BCUT2D eigenvalue weighted by Gasteiger charge is 2.47. The smallest absolute Gasteiger partial charge is 0.306 e. The summed E-state index contributed by atoms with van der Waals surface area (Å²) in [6.07, 6.45) is 39.7. The topological polar surface area (TPSA) is 175 Å². The molecule has 0 aromatic carbocycles. The number of aliphatic hydroxyl groups excluding tert-OH is 5. The zero-order chi connectivity index (χ0) is 46.9. The molecule has 8 unspecified atom stereocenters. The predicted octanol–water partition coefficient (Wildman–Crippen LogP) is 10.1. The number of carbonyl (C=O) groups is 2. The van der Waals surface area contributed by atoms with Gasteiger partial charge in [0.2, 0.25) is 5.91 Å². The van der Waals surface area contributed by atoms with Crippen LogP contribution in [0.3, 0.4) is 0 Å². The molecule has 11 nitrogen and oxygen atoms in total. The zero-order valence-electron chi connectivity index (χ0n) is 40.1. The van der Waals surface area contributed by atoms with Gasteiger partial charge in [0.25, 0.3) is 0 Å². The summed E-state index contributed by atoms with van der Waals surface area (Å²) in [5.41, 5.74) is 0. The van der Waals surface area contributed by atoms with E-state index in [1.54, 1.807) is 6.08 Å². The quantitative estimate of drug-likeness (QED) is 0.0150. The lowest BCUT2D eigenvalue weighted by atomic mass is 9.99. The third-order valence-electron chi connectivity index (χ3n) is 11.4. The summed E-state index contributed by atoms with van der Waals surface area (Å²) in [5, 5.41) is 56.4. The Morgan fingerprint density at radius 1 is 0.625 bits per heavy atom. The van der Waals surface area contributed by atoms with E-state index >= 15 is 0 Å². The molecule has 6 N–H and O–H groups in total. The number of ether oxygens (including phenoxy) is 3. The highest BCUT2D eigenvalue weighted by molar-refractivity contribution is 5.80. The number of hydrogen-bond donors (Lipinski definition) is 6. The van der Waals surface area contributed by atoms with E-state index in [1.807, 2.05) is 48.6 Å². The molecule has 0 aromatic heterocycles. The Kier molecular flexibility index (Phi) is 38.4. The van der Waals surface area contributed by atoms with E-state index in [4.69, 9.17) is 14.2 Å².